The van der Waals surface area contributed by atoms with Crippen molar-refractivity contribution in [2.45, 2.75) is 32.7 Å². The van der Waals surface area contributed by atoms with Gasteiger partial charge in [-0.1, -0.05) is 30.3 Å². The van der Waals surface area contributed by atoms with Crippen molar-refractivity contribution >= 4 is 23.4 Å². The van der Waals surface area contributed by atoms with Gasteiger partial charge >= 0.3 is 0 Å². The first-order valence-corrected chi connectivity index (χ1v) is 9.93. The van der Waals surface area contributed by atoms with Gasteiger partial charge in [-0.3, -0.25) is 14.4 Å². The molecule has 0 aliphatic heterocycles. The van der Waals surface area contributed by atoms with Gasteiger partial charge in [0, 0.05) is 18.2 Å². The standard InChI is InChI=1S/C23H29N3O4/c1-17(2)26(23(29)14-9-18-7-5-4-6-8-18)16-22(28)24-15-21(27)25-19-10-12-20(30-3)13-11-19/h4-8,10-13,17H,9,14-16H2,1-3H3,(H,24,28)(H,25,27). The molecular formula is C23H29N3O4. The second-order valence-electron chi connectivity index (χ2n) is 7.15. The maximum Gasteiger partial charge on any atom is 0.243 e. The molecule has 30 heavy (non-hydrogen) atoms. The predicted molar refractivity (Wildman–Crippen MR) is 116 cm³/mol. The Kier molecular flexibility index (Phi) is 8.87. The van der Waals surface area contributed by atoms with Crippen LogP contribution in [0.4, 0.5) is 5.69 Å². The SMILES string of the molecule is COc1ccc(NC(=O)CNC(=O)CN(C(=O)CCc2ccccc2)C(C)C)cc1. The predicted octanol–water partition coefficient (Wildman–Crippen LogP) is 2.62. The molecule has 0 saturated heterocycles. The van der Waals surface area contributed by atoms with Crippen LogP contribution in [-0.2, 0) is 20.8 Å². The number of nitrogens with zero attached hydrogens (tertiary/aromatic N) is 1. The number of carbonyl (C=O) groups excluding carboxylic acids is 3. The number of amides is 3. The van der Waals surface area contributed by atoms with E-state index in [-0.39, 0.29) is 36.9 Å². The molecule has 2 rings (SSSR count). The van der Waals surface area contributed by atoms with E-state index in [1.165, 1.54) is 4.90 Å². The van der Waals surface area contributed by atoms with Crippen molar-refractivity contribution in [2.24, 2.45) is 0 Å². The molecule has 0 atom stereocenters. The molecule has 0 unspecified atom stereocenters. The van der Waals surface area contributed by atoms with Crippen LogP contribution in [0.2, 0.25) is 0 Å². The van der Waals surface area contributed by atoms with E-state index in [0.29, 0.717) is 24.3 Å². The molecule has 7 nitrogen and oxygen atoms in total. The largest absolute Gasteiger partial charge is 0.497 e. The molecule has 0 saturated carbocycles. The summed E-state index contributed by atoms with van der Waals surface area (Å²) in [6.07, 6.45) is 0.947. The molecule has 3 amide bonds. The summed E-state index contributed by atoms with van der Waals surface area (Å²) >= 11 is 0. The van der Waals surface area contributed by atoms with Crippen LogP contribution in [-0.4, -0.2) is 48.9 Å². The van der Waals surface area contributed by atoms with E-state index in [1.54, 1.807) is 31.4 Å². The van der Waals surface area contributed by atoms with Crippen molar-refractivity contribution in [1.29, 1.82) is 0 Å². The van der Waals surface area contributed by atoms with Crippen LogP contribution < -0.4 is 15.4 Å². The number of methoxy groups -OCH3 is 1. The Morgan fingerprint density at radius 2 is 1.63 bits per heavy atom. The normalized spacial score (nSPS) is 10.4. The zero-order chi connectivity index (χ0) is 21.9. The zero-order valence-corrected chi connectivity index (χ0v) is 17.7. The molecule has 2 aromatic rings. The van der Waals surface area contributed by atoms with Gasteiger partial charge in [-0.05, 0) is 50.1 Å². The van der Waals surface area contributed by atoms with Gasteiger partial charge in [-0.15, -0.1) is 0 Å². The molecule has 2 N–H and O–H groups in total. The van der Waals surface area contributed by atoms with Gasteiger partial charge in [-0.25, -0.2) is 0 Å². The van der Waals surface area contributed by atoms with Crippen LogP contribution in [0, 0.1) is 0 Å². The van der Waals surface area contributed by atoms with Gasteiger partial charge in [0.2, 0.25) is 17.7 Å². The van der Waals surface area contributed by atoms with Gasteiger partial charge in [0.1, 0.15) is 5.75 Å². The van der Waals surface area contributed by atoms with Crippen molar-refractivity contribution in [2.75, 3.05) is 25.5 Å². The lowest BCUT2D eigenvalue weighted by Crippen LogP contribution is -2.45. The second-order valence-corrected chi connectivity index (χ2v) is 7.15. The Labute approximate surface area is 177 Å². The zero-order valence-electron chi connectivity index (χ0n) is 17.7. The first-order valence-electron chi connectivity index (χ1n) is 9.93. The number of aryl methyl sites for hydroxylation is 1. The Hall–Kier alpha value is -3.35. The fourth-order valence-corrected chi connectivity index (χ4v) is 2.87. The fourth-order valence-electron chi connectivity index (χ4n) is 2.87. The Bertz CT molecular complexity index is 835. The second kappa shape index (κ2) is 11.6. The monoisotopic (exact) mass is 411 g/mol. The summed E-state index contributed by atoms with van der Waals surface area (Å²) in [5.41, 5.74) is 1.68. The average Bonchev–Trinajstić information content (AvgIpc) is 2.75. The van der Waals surface area contributed by atoms with Gasteiger partial charge in [-0.2, -0.15) is 0 Å². The third-order valence-corrected chi connectivity index (χ3v) is 4.55. The van der Waals surface area contributed by atoms with Crippen LogP contribution in [0.25, 0.3) is 0 Å². The molecule has 0 aliphatic rings. The maximum atomic E-state index is 12.6. The minimum Gasteiger partial charge on any atom is -0.497 e. The van der Waals surface area contributed by atoms with Crippen molar-refractivity contribution in [3.8, 4) is 5.75 Å². The highest BCUT2D eigenvalue weighted by Crippen LogP contribution is 2.14. The van der Waals surface area contributed by atoms with Crippen LogP contribution in [0.15, 0.2) is 54.6 Å². The molecule has 7 heteroatoms. The Morgan fingerprint density at radius 1 is 0.967 bits per heavy atom. The molecule has 160 valence electrons. The number of ether oxygens (including phenoxy) is 1. The number of hydrogen-bond donors (Lipinski definition) is 2. The summed E-state index contributed by atoms with van der Waals surface area (Å²) in [5, 5.41) is 5.27. The molecule has 0 fully saturated rings. The van der Waals surface area contributed by atoms with Crippen LogP contribution in [0.1, 0.15) is 25.8 Å². The number of rotatable bonds is 10. The van der Waals surface area contributed by atoms with E-state index in [1.807, 2.05) is 44.2 Å². The molecule has 2 aromatic carbocycles. The molecule has 0 aliphatic carbocycles. The third kappa shape index (κ3) is 7.58. The van der Waals surface area contributed by atoms with Crippen molar-refractivity contribution in [3.05, 3.63) is 60.2 Å². The first kappa shape index (κ1) is 22.9. The molecule has 0 spiro atoms. The maximum absolute atomic E-state index is 12.6. The smallest absolute Gasteiger partial charge is 0.243 e. The molecular weight excluding hydrogens is 382 g/mol. The van der Waals surface area contributed by atoms with Crippen molar-refractivity contribution in [3.63, 3.8) is 0 Å². The summed E-state index contributed by atoms with van der Waals surface area (Å²) in [5.74, 6) is -0.125. The summed E-state index contributed by atoms with van der Waals surface area (Å²) < 4.78 is 5.07. The molecule has 0 radical (unpaired) electrons. The Balaban J connectivity index is 1.79. The highest BCUT2D eigenvalue weighted by Gasteiger charge is 2.20. The lowest BCUT2D eigenvalue weighted by Gasteiger charge is -2.26. The highest BCUT2D eigenvalue weighted by molar-refractivity contribution is 5.95. The number of anilines is 1. The van der Waals surface area contributed by atoms with Gasteiger partial charge in [0.05, 0.1) is 20.2 Å². The van der Waals surface area contributed by atoms with Crippen molar-refractivity contribution in [1.82, 2.24) is 10.2 Å². The first-order chi connectivity index (χ1) is 14.4. The lowest BCUT2D eigenvalue weighted by atomic mass is 10.1. The quantitative estimate of drug-likeness (QED) is 0.629. The van der Waals surface area contributed by atoms with E-state index in [9.17, 15) is 14.4 Å². The minimum atomic E-state index is -0.373. The van der Waals surface area contributed by atoms with Crippen LogP contribution in [0.5, 0.6) is 5.75 Å². The molecule has 0 bridgehead atoms. The van der Waals surface area contributed by atoms with Crippen LogP contribution in [0.3, 0.4) is 0 Å². The van der Waals surface area contributed by atoms with E-state index < -0.39 is 0 Å². The highest BCUT2D eigenvalue weighted by atomic mass is 16.5. The summed E-state index contributed by atoms with van der Waals surface area (Å²) in [4.78, 5) is 38.4. The van der Waals surface area contributed by atoms with Crippen LogP contribution >= 0.6 is 0 Å². The number of benzene rings is 2. The van der Waals surface area contributed by atoms with E-state index in [0.717, 1.165) is 5.56 Å². The number of carbonyl (C=O) groups is 3. The fraction of sp³-hybridized carbons (Fsp3) is 0.348. The lowest BCUT2D eigenvalue weighted by molar-refractivity contribution is -0.137. The van der Waals surface area contributed by atoms with Gasteiger partial charge in [0.15, 0.2) is 0 Å². The van der Waals surface area contributed by atoms with E-state index in [4.69, 9.17) is 4.74 Å². The van der Waals surface area contributed by atoms with E-state index in [2.05, 4.69) is 10.6 Å². The summed E-state index contributed by atoms with van der Waals surface area (Å²) in [7, 11) is 1.57. The van der Waals surface area contributed by atoms with Crippen molar-refractivity contribution < 1.29 is 19.1 Å². The molecule has 0 aromatic heterocycles. The molecule has 0 heterocycles. The average molecular weight is 412 g/mol. The van der Waals surface area contributed by atoms with Gasteiger partial charge in [0.25, 0.3) is 0 Å². The summed E-state index contributed by atoms with van der Waals surface area (Å²) in [6, 6.07) is 16.5. The number of nitrogens with one attached hydrogen (secondary N) is 2. The minimum absolute atomic E-state index is 0.0822. The Morgan fingerprint density at radius 3 is 2.23 bits per heavy atom. The van der Waals surface area contributed by atoms with E-state index >= 15 is 0 Å². The summed E-state index contributed by atoms with van der Waals surface area (Å²) in [6.45, 7) is 3.48. The third-order valence-electron chi connectivity index (χ3n) is 4.55. The van der Waals surface area contributed by atoms with Gasteiger partial charge < -0.3 is 20.3 Å². The topological polar surface area (TPSA) is 87.7 Å². The number of hydrogen-bond acceptors (Lipinski definition) is 4.